The summed E-state index contributed by atoms with van der Waals surface area (Å²) in [5.41, 5.74) is 0. The molecule has 0 unspecified atom stereocenters. The van der Waals surface area contributed by atoms with Crippen LogP contribution in [0.1, 0.15) is 0 Å². The van der Waals surface area contributed by atoms with Crippen LogP contribution in [0.15, 0.2) is 18.2 Å². The van der Waals surface area contributed by atoms with Crippen molar-refractivity contribution in [2.75, 3.05) is 13.2 Å². The van der Waals surface area contributed by atoms with Crippen molar-refractivity contribution in [3.63, 3.8) is 0 Å². The van der Waals surface area contributed by atoms with Crippen molar-refractivity contribution < 1.29 is 18.0 Å². The molecule has 0 amide bonds. The summed E-state index contributed by atoms with van der Waals surface area (Å²) in [6, 6.07) is 5.85. The third-order valence-electron chi connectivity index (χ3n) is 2.63. The molecule has 0 N–H and O–H groups in total. The largest absolute Gasteiger partial charge is 0.542 e. The summed E-state index contributed by atoms with van der Waals surface area (Å²) in [7, 11) is -4.91. The van der Waals surface area contributed by atoms with E-state index in [-0.39, 0.29) is 0 Å². The lowest BCUT2D eigenvalue weighted by Gasteiger charge is -2.26. The molecule has 24 heavy (non-hydrogen) atoms. The van der Waals surface area contributed by atoms with Crippen molar-refractivity contribution in [3.05, 3.63) is 18.2 Å². The van der Waals surface area contributed by atoms with Gasteiger partial charge in [-0.15, -0.1) is 0 Å². The number of ether oxygens (including phenoxy) is 1. The fourth-order valence-corrected chi connectivity index (χ4v) is 4.25. The second-order valence-corrected chi connectivity index (χ2v) is 22.2. The monoisotopic (exact) mass is 386 g/mol. The van der Waals surface area contributed by atoms with Gasteiger partial charge in [-0.2, -0.15) is 0 Å². The Morgan fingerprint density at radius 3 is 1.71 bits per heavy atom. The Morgan fingerprint density at radius 1 is 0.667 bits per heavy atom. The summed E-state index contributed by atoms with van der Waals surface area (Å²) in [6.45, 7) is 20.7. The van der Waals surface area contributed by atoms with Gasteiger partial charge < -0.3 is 18.0 Å². The standard InChI is InChI=1S/C17H34O4Si3/c1-22(2,3)19-13-12-18-15-10-11-16(20-23(4,5)6)17(14-15)21-24(7,8)9/h10-11,14H,12-13H2,1-9H3. The first kappa shape index (κ1) is 21.3. The first-order chi connectivity index (χ1) is 10.8. The van der Waals surface area contributed by atoms with E-state index in [4.69, 9.17) is 18.0 Å². The molecule has 0 radical (unpaired) electrons. The van der Waals surface area contributed by atoms with E-state index >= 15 is 0 Å². The molecule has 1 aromatic carbocycles. The van der Waals surface area contributed by atoms with Crippen LogP contribution in [0.25, 0.3) is 0 Å². The van der Waals surface area contributed by atoms with E-state index < -0.39 is 25.0 Å². The normalized spacial score (nSPS) is 12.9. The first-order valence-corrected chi connectivity index (χ1v) is 18.8. The smallest absolute Gasteiger partial charge is 0.242 e. The average Bonchev–Trinajstić information content (AvgIpc) is 2.33. The molecule has 0 fully saturated rings. The predicted octanol–water partition coefficient (Wildman–Crippen LogP) is 5.34. The molecule has 0 aliphatic rings. The molecule has 0 aliphatic carbocycles. The molecular weight excluding hydrogens is 352 g/mol. The minimum Gasteiger partial charge on any atom is -0.542 e. The summed E-state index contributed by atoms with van der Waals surface area (Å²) < 4.78 is 24.0. The van der Waals surface area contributed by atoms with Crippen molar-refractivity contribution in [3.8, 4) is 17.2 Å². The van der Waals surface area contributed by atoms with E-state index in [2.05, 4.69) is 58.9 Å². The van der Waals surface area contributed by atoms with Crippen molar-refractivity contribution in [2.24, 2.45) is 0 Å². The minimum atomic E-state index is -1.73. The van der Waals surface area contributed by atoms with Crippen LogP contribution in [0.5, 0.6) is 17.2 Å². The van der Waals surface area contributed by atoms with E-state index in [0.29, 0.717) is 13.2 Å². The Kier molecular flexibility index (Phi) is 7.16. The maximum absolute atomic E-state index is 6.21. The second kappa shape index (κ2) is 8.07. The summed E-state index contributed by atoms with van der Waals surface area (Å²) in [5, 5.41) is 0. The highest BCUT2D eigenvalue weighted by atomic mass is 28.4. The molecule has 0 aliphatic heterocycles. The summed E-state index contributed by atoms with van der Waals surface area (Å²) in [5.74, 6) is 2.41. The molecule has 1 rings (SSSR count). The Morgan fingerprint density at radius 2 is 1.21 bits per heavy atom. The predicted molar refractivity (Wildman–Crippen MR) is 109 cm³/mol. The van der Waals surface area contributed by atoms with Gasteiger partial charge in [-0.1, -0.05) is 0 Å². The molecule has 4 nitrogen and oxygen atoms in total. The molecule has 1 aromatic rings. The number of hydrogen-bond donors (Lipinski definition) is 0. The van der Waals surface area contributed by atoms with Gasteiger partial charge in [-0.25, -0.2) is 0 Å². The summed E-state index contributed by atoms with van der Waals surface area (Å²) >= 11 is 0. The summed E-state index contributed by atoms with van der Waals surface area (Å²) in [6.07, 6.45) is 0. The lowest BCUT2D eigenvalue weighted by atomic mass is 10.3. The zero-order valence-electron chi connectivity index (χ0n) is 16.8. The van der Waals surface area contributed by atoms with Gasteiger partial charge in [0.15, 0.2) is 8.32 Å². The van der Waals surface area contributed by atoms with Crippen molar-refractivity contribution >= 4 is 25.0 Å². The maximum atomic E-state index is 6.21. The second-order valence-electron chi connectivity index (χ2n) is 8.85. The van der Waals surface area contributed by atoms with Gasteiger partial charge >= 0.3 is 0 Å². The molecule has 0 saturated heterocycles. The third kappa shape index (κ3) is 9.51. The lowest BCUT2D eigenvalue weighted by molar-refractivity contribution is 0.212. The zero-order valence-corrected chi connectivity index (χ0v) is 19.8. The van der Waals surface area contributed by atoms with Crippen molar-refractivity contribution in [2.45, 2.75) is 58.9 Å². The molecule has 0 saturated carbocycles. The molecule has 0 spiro atoms. The highest BCUT2D eigenvalue weighted by Gasteiger charge is 2.23. The van der Waals surface area contributed by atoms with E-state index in [1.807, 2.05) is 18.2 Å². The fraction of sp³-hybridized carbons (Fsp3) is 0.647. The van der Waals surface area contributed by atoms with Crippen LogP contribution in [0.3, 0.4) is 0 Å². The summed E-state index contributed by atoms with van der Waals surface area (Å²) in [4.78, 5) is 0. The zero-order chi connectivity index (χ0) is 18.6. The molecule has 0 bridgehead atoms. The third-order valence-corrected chi connectivity index (χ3v) is 5.37. The highest BCUT2D eigenvalue weighted by Crippen LogP contribution is 2.35. The minimum absolute atomic E-state index is 0.547. The first-order valence-electron chi connectivity index (χ1n) is 8.54. The van der Waals surface area contributed by atoms with Crippen LogP contribution >= 0.6 is 0 Å². The molecular formula is C17H34O4Si3. The van der Waals surface area contributed by atoms with Gasteiger partial charge in [0.05, 0.1) is 6.61 Å². The van der Waals surface area contributed by atoms with Gasteiger partial charge in [-0.3, -0.25) is 0 Å². The van der Waals surface area contributed by atoms with Crippen LogP contribution in [-0.2, 0) is 4.43 Å². The molecule has 0 heterocycles. The molecule has 138 valence electrons. The average molecular weight is 387 g/mol. The molecule has 0 aromatic heterocycles. The Labute approximate surface area is 150 Å². The van der Waals surface area contributed by atoms with Gasteiger partial charge in [-0.05, 0) is 71.1 Å². The number of hydrogen-bond acceptors (Lipinski definition) is 4. The lowest BCUT2D eigenvalue weighted by Crippen LogP contribution is -2.32. The van der Waals surface area contributed by atoms with E-state index in [1.54, 1.807) is 0 Å². The van der Waals surface area contributed by atoms with Gasteiger partial charge in [0.2, 0.25) is 16.6 Å². The van der Waals surface area contributed by atoms with Crippen LogP contribution in [0.4, 0.5) is 0 Å². The van der Waals surface area contributed by atoms with Gasteiger partial charge in [0, 0.05) is 6.07 Å². The van der Waals surface area contributed by atoms with E-state index in [0.717, 1.165) is 17.2 Å². The topological polar surface area (TPSA) is 36.9 Å². The molecule has 0 atom stereocenters. The fourth-order valence-electron chi connectivity index (χ4n) is 1.91. The van der Waals surface area contributed by atoms with Gasteiger partial charge in [0.1, 0.15) is 23.9 Å². The van der Waals surface area contributed by atoms with Crippen molar-refractivity contribution in [1.29, 1.82) is 0 Å². The quantitative estimate of drug-likeness (QED) is 0.424. The van der Waals surface area contributed by atoms with Crippen LogP contribution in [0.2, 0.25) is 58.9 Å². The number of benzene rings is 1. The number of rotatable bonds is 9. The van der Waals surface area contributed by atoms with Gasteiger partial charge in [0.25, 0.3) is 0 Å². The van der Waals surface area contributed by atoms with E-state index in [1.165, 1.54) is 0 Å². The van der Waals surface area contributed by atoms with Crippen molar-refractivity contribution in [1.82, 2.24) is 0 Å². The Balaban J connectivity index is 2.83. The van der Waals surface area contributed by atoms with Crippen LogP contribution < -0.4 is 13.6 Å². The SMILES string of the molecule is C[Si](C)(C)OCCOc1ccc(O[Si](C)(C)C)c(O[Si](C)(C)C)c1. The Hall–Kier alpha value is -0.769. The Bertz CT molecular complexity index is 528. The van der Waals surface area contributed by atoms with E-state index in [9.17, 15) is 0 Å². The molecule has 7 heteroatoms. The highest BCUT2D eigenvalue weighted by molar-refractivity contribution is 6.71. The van der Waals surface area contributed by atoms with Crippen LogP contribution in [-0.4, -0.2) is 38.2 Å². The van der Waals surface area contributed by atoms with Crippen LogP contribution in [0, 0.1) is 0 Å². The maximum Gasteiger partial charge on any atom is 0.242 e.